The van der Waals surface area contributed by atoms with Gasteiger partial charge in [0.1, 0.15) is 24.2 Å². The van der Waals surface area contributed by atoms with Crippen LogP contribution >= 0.6 is 7.92 Å². The molecule has 0 aliphatic carbocycles. The van der Waals surface area contributed by atoms with Crippen molar-refractivity contribution in [2.45, 2.75) is 24.9 Å². The number of benzene rings is 3. The Bertz CT molecular complexity index is 1430. The highest BCUT2D eigenvalue weighted by Crippen LogP contribution is 2.32. The molecular weight excluding hydrogens is 540 g/mol. The van der Waals surface area contributed by atoms with Gasteiger partial charge in [0.05, 0.1) is 19.0 Å². The highest BCUT2D eigenvalue weighted by molar-refractivity contribution is 7.79. The lowest BCUT2D eigenvalue weighted by atomic mass is 10.2. The average Bonchev–Trinajstić information content (AvgIpc) is 3.59. The topological polar surface area (TPSA) is 157 Å². The summed E-state index contributed by atoms with van der Waals surface area (Å²) in [5.41, 5.74) is 6.75. The fourth-order valence-electron chi connectivity index (χ4n) is 4.31. The largest absolute Gasteiger partial charge is 0.490 e. The molecule has 10 nitrogen and oxygen atoms in total. The summed E-state index contributed by atoms with van der Waals surface area (Å²) < 4.78 is 7.22. The predicted octanol–water partition coefficient (Wildman–Crippen LogP) is 1.79. The molecule has 12 heteroatoms. The number of anilines is 1. The summed E-state index contributed by atoms with van der Waals surface area (Å²) in [6.07, 6.45) is 1.60. The van der Waals surface area contributed by atoms with Gasteiger partial charge < -0.3 is 25.8 Å². The third-order valence-electron chi connectivity index (χ3n) is 6.12. The van der Waals surface area contributed by atoms with Crippen LogP contribution in [-0.2, 0) is 4.74 Å². The SMILES string of the molecule is BC(=O)O.Nc1ncnc2c1ncn2[C@H]1C[C@H](O)[C@@H](CO)O1.c1ccc(P(c2ccccc2)c2ccccc2)cc1. The Morgan fingerprint density at radius 2 is 1.41 bits per heavy atom. The van der Waals surface area contributed by atoms with Crippen LogP contribution in [0.3, 0.4) is 0 Å². The molecule has 0 bridgehead atoms. The van der Waals surface area contributed by atoms with Crippen LogP contribution in [0.2, 0.25) is 0 Å². The van der Waals surface area contributed by atoms with E-state index in [0.717, 1.165) is 7.85 Å². The second kappa shape index (κ2) is 14.5. The summed E-state index contributed by atoms with van der Waals surface area (Å²) >= 11 is 0. The van der Waals surface area contributed by atoms with E-state index in [2.05, 4.69) is 106 Å². The van der Waals surface area contributed by atoms with Crippen LogP contribution in [-0.4, -0.2) is 67.4 Å². The molecule has 5 aromatic rings. The standard InChI is InChI=1S/C18H15P.C10H13N5O3.CH3BO2/c1-4-10-16(11-5-1)19(17-12-6-2-7-13-17)18-14-8-3-9-15-18;11-9-8-10(13-3-12-9)15(4-14-8)7-1-5(17)6(2-16)18-7;2-1(3)4/h1-15H;3-7,16-17H,1-2H2,(H2,11,12,13);2H2,(H,3,4)/t;5-,6+,7+;/m.0./s1. The van der Waals surface area contributed by atoms with Crippen LogP contribution in [0.25, 0.3) is 11.2 Å². The number of ether oxygens (including phenoxy) is 1. The van der Waals surface area contributed by atoms with Crippen molar-refractivity contribution in [2.24, 2.45) is 0 Å². The van der Waals surface area contributed by atoms with E-state index in [0.29, 0.717) is 23.4 Å². The number of fused-ring (bicyclic) bond motifs is 1. The second-order valence-corrected chi connectivity index (χ2v) is 11.3. The van der Waals surface area contributed by atoms with Crippen LogP contribution in [0.1, 0.15) is 12.6 Å². The Morgan fingerprint density at radius 1 is 0.927 bits per heavy atom. The third-order valence-corrected chi connectivity index (χ3v) is 8.57. The number of nitrogen functional groups attached to an aromatic ring is 1. The molecule has 0 amide bonds. The van der Waals surface area contributed by atoms with Gasteiger partial charge in [-0.1, -0.05) is 91.0 Å². The van der Waals surface area contributed by atoms with Crippen molar-refractivity contribution in [1.29, 1.82) is 0 Å². The number of imidazole rings is 1. The smallest absolute Gasteiger partial charge is 0.242 e. The molecule has 1 fully saturated rings. The van der Waals surface area contributed by atoms with Crippen molar-refractivity contribution in [3.63, 3.8) is 0 Å². The number of nitrogens with zero attached hydrogens (tertiary/aromatic N) is 4. The molecule has 5 N–H and O–H groups in total. The Kier molecular flexibility index (Phi) is 10.5. The van der Waals surface area contributed by atoms with E-state index in [-0.39, 0.29) is 6.61 Å². The third kappa shape index (κ3) is 7.74. The number of nitrogens with two attached hydrogens (primary N) is 1. The molecule has 3 heterocycles. The maximum Gasteiger partial charge on any atom is 0.242 e. The van der Waals surface area contributed by atoms with Crippen LogP contribution < -0.4 is 21.6 Å². The number of hydrogen-bond acceptors (Lipinski definition) is 8. The number of carbonyl (C=O) groups is 1. The molecule has 2 aromatic heterocycles. The zero-order chi connectivity index (χ0) is 29.2. The number of aliphatic hydroxyl groups excluding tert-OH is 2. The fourth-order valence-corrected chi connectivity index (χ4v) is 6.61. The van der Waals surface area contributed by atoms with Crippen molar-refractivity contribution in [3.05, 3.63) is 104 Å². The number of aromatic nitrogens is 4. The van der Waals surface area contributed by atoms with Crippen molar-refractivity contribution in [2.75, 3.05) is 12.3 Å². The van der Waals surface area contributed by atoms with Crippen LogP contribution in [0.5, 0.6) is 0 Å². The van der Waals surface area contributed by atoms with Crippen LogP contribution in [0, 0.1) is 0 Å². The summed E-state index contributed by atoms with van der Waals surface area (Å²) in [5.74, 6) is -0.531. The van der Waals surface area contributed by atoms with Gasteiger partial charge in [-0.05, 0) is 23.8 Å². The number of aliphatic hydroxyl groups is 2. The van der Waals surface area contributed by atoms with E-state index >= 15 is 0 Å². The summed E-state index contributed by atoms with van der Waals surface area (Å²) in [4.78, 5) is 21.1. The molecule has 0 saturated carbocycles. The quantitative estimate of drug-likeness (QED) is 0.182. The Hall–Kier alpha value is -4.15. The molecule has 1 saturated heterocycles. The van der Waals surface area contributed by atoms with E-state index in [1.807, 2.05) is 0 Å². The van der Waals surface area contributed by atoms with E-state index < -0.39 is 32.2 Å². The predicted molar refractivity (Wildman–Crippen MR) is 163 cm³/mol. The first kappa shape index (κ1) is 29.8. The summed E-state index contributed by atoms with van der Waals surface area (Å²) in [6, 6.07) is 32.3. The van der Waals surface area contributed by atoms with Gasteiger partial charge in [-0.2, -0.15) is 0 Å². The van der Waals surface area contributed by atoms with Crippen LogP contribution in [0.4, 0.5) is 10.6 Å². The number of carboxylic acid groups (broad SMARTS) is 1. The zero-order valence-corrected chi connectivity index (χ0v) is 23.3. The van der Waals surface area contributed by atoms with Crippen molar-refractivity contribution in [1.82, 2.24) is 19.5 Å². The number of rotatable bonds is 5. The maximum absolute atomic E-state index is 9.71. The minimum absolute atomic E-state index is 0.221. The monoisotopic (exact) mass is 571 g/mol. The van der Waals surface area contributed by atoms with Crippen LogP contribution in [0.15, 0.2) is 104 Å². The second-order valence-electron chi connectivity index (χ2n) is 9.06. The zero-order valence-electron chi connectivity index (χ0n) is 22.4. The molecule has 3 aromatic carbocycles. The van der Waals surface area contributed by atoms with Gasteiger partial charge >= 0.3 is 0 Å². The fraction of sp³-hybridized carbons (Fsp3) is 0.172. The maximum atomic E-state index is 9.71. The molecular formula is C29H31BN5O5P. The minimum atomic E-state index is -0.833. The van der Waals surface area contributed by atoms with Gasteiger partial charge in [-0.15, -0.1) is 0 Å². The van der Waals surface area contributed by atoms with E-state index in [1.165, 1.54) is 22.2 Å². The first-order valence-electron chi connectivity index (χ1n) is 12.9. The molecule has 0 radical (unpaired) electrons. The van der Waals surface area contributed by atoms with Gasteiger partial charge in [0.15, 0.2) is 11.5 Å². The lowest BCUT2D eigenvalue weighted by Gasteiger charge is -2.18. The Morgan fingerprint density at radius 3 is 1.85 bits per heavy atom. The van der Waals surface area contributed by atoms with Crippen molar-refractivity contribution >= 4 is 54.5 Å². The van der Waals surface area contributed by atoms with Gasteiger partial charge in [-0.25, -0.2) is 15.0 Å². The Labute approximate surface area is 239 Å². The summed E-state index contributed by atoms with van der Waals surface area (Å²) in [6.45, 7) is -0.221. The summed E-state index contributed by atoms with van der Waals surface area (Å²) in [7, 11) is 0.637. The van der Waals surface area contributed by atoms with Gasteiger partial charge in [0, 0.05) is 6.42 Å². The first-order chi connectivity index (χ1) is 19.9. The number of hydrogen-bond donors (Lipinski definition) is 4. The molecule has 0 spiro atoms. The van der Waals surface area contributed by atoms with Crippen molar-refractivity contribution < 1.29 is 24.9 Å². The molecule has 41 heavy (non-hydrogen) atoms. The molecule has 0 unspecified atom stereocenters. The molecule has 1 aliphatic heterocycles. The van der Waals surface area contributed by atoms with E-state index in [1.54, 1.807) is 10.9 Å². The lowest BCUT2D eigenvalue weighted by Crippen LogP contribution is -2.24. The van der Waals surface area contributed by atoms with Gasteiger partial charge in [-0.3, -0.25) is 9.36 Å². The Balaban J connectivity index is 0.000000168. The van der Waals surface area contributed by atoms with E-state index in [4.69, 9.17) is 25.5 Å². The minimum Gasteiger partial charge on any atom is -0.490 e. The molecule has 1 aliphatic rings. The molecule has 210 valence electrons. The molecule has 6 rings (SSSR count). The van der Waals surface area contributed by atoms with Crippen molar-refractivity contribution in [3.8, 4) is 0 Å². The highest BCUT2D eigenvalue weighted by Gasteiger charge is 2.35. The average molecular weight is 571 g/mol. The van der Waals surface area contributed by atoms with E-state index in [9.17, 15) is 5.11 Å². The normalized spacial score (nSPS) is 17.8. The summed E-state index contributed by atoms with van der Waals surface area (Å²) in [5, 5.41) is 30.4. The first-order valence-corrected chi connectivity index (χ1v) is 14.3. The van der Waals surface area contributed by atoms with Gasteiger partial charge in [0.2, 0.25) is 13.7 Å². The highest BCUT2D eigenvalue weighted by atomic mass is 31.1. The lowest BCUT2D eigenvalue weighted by molar-refractivity contribution is -0.0432. The van der Waals surface area contributed by atoms with Gasteiger partial charge in [0.25, 0.3) is 0 Å². The molecule has 3 atom stereocenters.